The van der Waals surface area contributed by atoms with Gasteiger partial charge in [-0.05, 0) is 39.3 Å². The van der Waals surface area contributed by atoms with Crippen molar-refractivity contribution in [1.82, 2.24) is 19.8 Å². The van der Waals surface area contributed by atoms with Gasteiger partial charge in [-0.25, -0.2) is 0 Å². The van der Waals surface area contributed by atoms with Crippen LogP contribution in [0.2, 0.25) is 0 Å². The van der Waals surface area contributed by atoms with Crippen molar-refractivity contribution in [1.29, 1.82) is 0 Å². The van der Waals surface area contributed by atoms with E-state index in [1.54, 1.807) is 0 Å². The van der Waals surface area contributed by atoms with Crippen molar-refractivity contribution >= 4 is 17.5 Å². The van der Waals surface area contributed by atoms with Crippen molar-refractivity contribution in [3.05, 3.63) is 51.1 Å². The van der Waals surface area contributed by atoms with Crippen molar-refractivity contribution < 1.29 is 19.7 Å². The molecule has 0 atom stereocenters. The summed E-state index contributed by atoms with van der Waals surface area (Å²) in [5, 5.41) is 24.7. The molecule has 1 aromatic rings. The minimum absolute atomic E-state index is 0.0989. The Balaban J connectivity index is 1.30. The van der Waals surface area contributed by atoms with Gasteiger partial charge in [0.1, 0.15) is 0 Å². The zero-order valence-corrected chi connectivity index (χ0v) is 19.5. The van der Waals surface area contributed by atoms with E-state index >= 15 is 0 Å². The number of hydrogen-bond acceptors (Lipinski definition) is 7. The lowest BCUT2D eigenvalue weighted by Crippen LogP contribution is -2.51. The first-order valence-corrected chi connectivity index (χ1v) is 11.2. The molecule has 177 valence electrons. The third-order valence-corrected chi connectivity index (χ3v) is 7.01. The van der Waals surface area contributed by atoms with Crippen molar-refractivity contribution in [2.45, 2.75) is 38.8 Å². The van der Waals surface area contributed by atoms with Gasteiger partial charge < -0.3 is 0 Å². The monoisotopic (exact) mass is 456 g/mol. The molecule has 1 fully saturated rings. The van der Waals surface area contributed by atoms with Crippen LogP contribution < -0.4 is 0 Å². The van der Waals surface area contributed by atoms with Gasteiger partial charge in [-0.2, -0.15) is 0 Å². The highest BCUT2D eigenvalue weighted by molar-refractivity contribution is 6.21. The Kier molecular flexibility index (Phi) is 5.90. The van der Waals surface area contributed by atoms with Crippen LogP contribution >= 0.6 is 0 Å². The minimum Gasteiger partial charge on any atom is -0.299 e. The molecule has 3 heterocycles. The average molecular weight is 457 g/mol. The molecule has 3 aliphatic rings. The van der Waals surface area contributed by atoms with E-state index in [2.05, 4.69) is 15.9 Å². The van der Waals surface area contributed by atoms with E-state index in [1.165, 1.54) is 28.2 Å². The quantitative estimate of drug-likeness (QED) is 0.278. The normalized spacial score (nSPS) is 23.2. The van der Waals surface area contributed by atoms with E-state index in [-0.39, 0.29) is 23.4 Å². The van der Waals surface area contributed by atoms with E-state index < -0.39 is 27.8 Å². The number of non-ortho nitro benzene ring substituents is 1. The second-order valence-electron chi connectivity index (χ2n) is 10.0. The van der Waals surface area contributed by atoms with Gasteiger partial charge in [0, 0.05) is 57.9 Å². The molecule has 10 nitrogen and oxygen atoms in total. The third-order valence-electron chi connectivity index (χ3n) is 7.01. The number of hydroxylamine groups is 2. The van der Waals surface area contributed by atoms with E-state index in [0.29, 0.717) is 6.54 Å². The molecule has 4 rings (SSSR count). The Hall–Kier alpha value is -2.66. The fraction of sp³-hybridized carbons (Fsp3) is 0.565. The fourth-order valence-corrected chi connectivity index (χ4v) is 5.00. The van der Waals surface area contributed by atoms with Crippen LogP contribution in [0.25, 0.3) is 0 Å². The summed E-state index contributed by atoms with van der Waals surface area (Å²) in [6.07, 6.45) is 2.08. The second kappa shape index (κ2) is 8.28. The summed E-state index contributed by atoms with van der Waals surface area (Å²) >= 11 is 0. The van der Waals surface area contributed by atoms with Gasteiger partial charge in [-0.15, -0.1) is 10.3 Å². The molecule has 1 saturated heterocycles. The van der Waals surface area contributed by atoms with Crippen LogP contribution in [0.3, 0.4) is 0 Å². The molecule has 0 bridgehead atoms. The SMILES string of the molecule is CC1(C)C=C(CN2CCN(CCN3C(=O)c4ccc([N+](=O)[O-])cc4C3=O)CC2)C(C)(C)N1[O]. The molecule has 0 unspecified atom stereocenters. The lowest BCUT2D eigenvalue weighted by molar-refractivity contribution is -0.384. The number of carbonyl (C=O) groups excluding carboxylic acids is 2. The third kappa shape index (κ3) is 4.19. The van der Waals surface area contributed by atoms with Gasteiger partial charge in [-0.3, -0.25) is 34.4 Å². The van der Waals surface area contributed by atoms with E-state index in [0.717, 1.165) is 38.3 Å². The van der Waals surface area contributed by atoms with Crippen LogP contribution in [0.1, 0.15) is 48.4 Å². The number of imide groups is 1. The molecule has 2 amide bonds. The van der Waals surface area contributed by atoms with Gasteiger partial charge in [0.25, 0.3) is 17.5 Å². The molecule has 1 radical (unpaired) electrons. The number of nitro groups is 1. The second-order valence-corrected chi connectivity index (χ2v) is 10.0. The number of benzene rings is 1. The number of nitro benzene ring substituents is 1. The Morgan fingerprint density at radius 1 is 0.939 bits per heavy atom. The maximum Gasteiger partial charge on any atom is 0.270 e. The van der Waals surface area contributed by atoms with E-state index in [9.17, 15) is 24.9 Å². The molecule has 0 spiro atoms. The number of piperazine rings is 1. The Morgan fingerprint density at radius 3 is 2.12 bits per heavy atom. The number of fused-ring (bicyclic) bond motifs is 1. The van der Waals surface area contributed by atoms with Gasteiger partial charge in [0.15, 0.2) is 0 Å². The Morgan fingerprint density at radius 2 is 1.55 bits per heavy atom. The first-order chi connectivity index (χ1) is 15.4. The standard InChI is InChI=1S/C23H30N5O5/c1-22(2)14-16(23(3,4)28(22)33)15-25-9-7-24(8-10-25)11-12-26-20(29)18-6-5-17(27(31)32)13-19(18)21(26)30/h5-6,13-14H,7-12,15H2,1-4H3. The smallest absolute Gasteiger partial charge is 0.270 e. The minimum atomic E-state index is -0.571. The highest BCUT2D eigenvalue weighted by Crippen LogP contribution is 2.39. The highest BCUT2D eigenvalue weighted by atomic mass is 16.6. The number of rotatable bonds is 6. The Labute approximate surface area is 193 Å². The number of carbonyl (C=O) groups is 2. The topological polar surface area (TPSA) is 110 Å². The largest absolute Gasteiger partial charge is 0.299 e. The molecule has 0 aliphatic carbocycles. The molecular formula is C23H30N5O5. The molecular weight excluding hydrogens is 426 g/mol. The predicted octanol–water partition coefficient (Wildman–Crippen LogP) is 1.95. The van der Waals surface area contributed by atoms with Gasteiger partial charge in [0.2, 0.25) is 0 Å². The van der Waals surface area contributed by atoms with Crippen LogP contribution in [0.5, 0.6) is 0 Å². The highest BCUT2D eigenvalue weighted by Gasteiger charge is 2.46. The summed E-state index contributed by atoms with van der Waals surface area (Å²) in [5.41, 5.74) is 0.224. The molecule has 0 N–H and O–H groups in total. The Bertz CT molecular complexity index is 1030. The molecule has 10 heteroatoms. The van der Waals surface area contributed by atoms with Gasteiger partial charge >= 0.3 is 0 Å². The average Bonchev–Trinajstić information content (AvgIpc) is 3.09. The van der Waals surface area contributed by atoms with Crippen molar-refractivity contribution in [3.63, 3.8) is 0 Å². The van der Waals surface area contributed by atoms with Crippen LogP contribution in [0.15, 0.2) is 29.8 Å². The maximum atomic E-state index is 12.7. The fourth-order valence-electron chi connectivity index (χ4n) is 5.00. The summed E-state index contributed by atoms with van der Waals surface area (Å²) in [6.45, 7) is 12.6. The first-order valence-electron chi connectivity index (χ1n) is 11.2. The summed E-state index contributed by atoms with van der Waals surface area (Å²) < 4.78 is 0. The van der Waals surface area contributed by atoms with Crippen LogP contribution in [-0.4, -0.2) is 93.4 Å². The van der Waals surface area contributed by atoms with Crippen molar-refractivity contribution in [2.24, 2.45) is 0 Å². The van der Waals surface area contributed by atoms with Crippen molar-refractivity contribution in [2.75, 3.05) is 45.8 Å². The van der Waals surface area contributed by atoms with Crippen molar-refractivity contribution in [3.8, 4) is 0 Å². The molecule has 1 aromatic carbocycles. The van der Waals surface area contributed by atoms with Crippen LogP contribution in [0, 0.1) is 10.1 Å². The molecule has 3 aliphatic heterocycles. The van der Waals surface area contributed by atoms with Crippen LogP contribution in [-0.2, 0) is 5.21 Å². The lowest BCUT2D eigenvalue weighted by atomic mass is 9.96. The molecule has 0 saturated carbocycles. The van der Waals surface area contributed by atoms with Gasteiger partial charge in [-0.1, -0.05) is 6.08 Å². The zero-order valence-electron chi connectivity index (χ0n) is 19.5. The summed E-state index contributed by atoms with van der Waals surface area (Å²) in [4.78, 5) is 41.4. The summed E-state index contributed by atoms with van der Waals surface area (Å²) in [6, 6.07) is 3.79. The van der Waals surface area contributed by atoms with Gasteiger partial charge in [0.05, 0.1) is 27.1 Å². The van der Waals surface area contributed by atoms with Crippen LogP contribution in [0.4, 0.5) is 5.69 Å². The molecule has 33 heavy (non-hydrogen) atoms. The summed E-state index contributed by atoms with van der Waals surface area (Å²) in [7, 11) is 0. The number of amides is 2. The predicted molar refractivity (Wildman–Crippen MR) is 120 cm³/mol. The molecule has 0 aromatic heterocycles. The zero-order chi connectivity index (χ0) is 24.1. The number of hydrogen-bond donors (Lipinski definition) is 0. The first kappa shape index (κ1) is 23.5. The van der Waals surface area contributed by atoms with E-state index in [4.69, 9.17) is 0 Å². The summed E-state index contributed by atoms with van der Waals surface area (Å²) in [5.74, 6) is -0.874. The van der Waals surface area contributed by atoms with E-state index in [1.807, 2.05) is 27.7 Å². The maximum absolute atomic E-state index is 12.7. The number of nitrogens with zero attached hydrogens (tertiary/aromatic N) is 5. The lowest BCUT2D eigenvalue weighted by Gasteiger charge is -2.38.